The van der Waals surface area contributed by atoms with Gasteiger partial charge in [0.15, 0.2) is 5.96 Å². The Morgan fingerprint density at radius 1 is 1.56 bits per heavy atom. The van der Waals surface area contributed by atoms with Crippen LogP contribution in [-0.4, -0.2) is 25.7 Å². The molecule has 0 aliphatic heterocycles. The number of aliphatic imine (C=N–C) groups is 1. The highest BCUT2D eigenvalue weighted by atomic mass is 127. The summed E-state index contributed by atoms with van der Waals surface area (Å²) in [7, 11) is 1.65. The third kappa shape index (κ3) is 7.03. The van der Waals surface area contributed by atoms with E-state index in [0.717, 1.165) is 5.56 Å². The van der Waals surface area contributed by atoms with E-state index in [4.69, 9.17) is 22.1 Å². The minimum absolute atomic E-state index is 0. The van der Waals surface area contributed by atoms with Crippen LogP contribution in [0.15, 0.2) is 29.3 Å². The van der Waals surface area contributed by atoms with Gasteiger partial charge in [-0.3, -0.25) is 0 Å². The summed E-state index contributed by atoms with van der Waals surface area (Å²) in [6.45, 7) is 3.08. The van der Waals surface area contributed by atoms with E-state index in [0.29, 0.717) is 24.1 Å². The van der Waals surface area contributed by atoms with Crippen LogP contribution in [0.5, 0.6) is 0 Å². The average Bonchev–Trinajstić information content (AvgIpc) is 2.27. The molecule has 1 rings (SSSR count). The summed E-state index contributed by atoms with van der Waals surface area (Å²) < 4.78 is 4.99. The smallest absolute Gasteiger partial charge is 0.189 e. The van der Waals surface area contributed by atoms with E-state index >= 15 is 0 Å². The van der Waals surface area contributed by atoms with E-state index in [1.165, 1.54) is 0 Å². The monoisotopic (exact) mass is 383 g/mol. The normalized spacial score (nSPS) is 12.7. The van der Waals surface area contributed by atoms with Gasteiger partial charge in [-0.15, -0.1) is 24.0 Å². The van der Waals surface area contributed by atoms with E-state index in [1.807, 2.05) is 31.2 Å². The molecule has 6 heteroatoms. The first-order chi connectivity index (χ1) is 8.11. The van der Waals surface area contributed by atoms with Crippen molar-refractivity contribution in [3.8, 4) is 0 Å². The number of methoxy groups -OCH3 is 1. The summed E-state index contributed by atoms with van der Waals surface area (Å²) >= 11 is 5.87. The molecule has 0 amide bonds. The number of halogens is 2. The maximum Gasteiger partial charge on any atom is 0.189 e. The molecule has 4 nitrogen and oxygen atoms in total. The van der Waals surface area contributed by atoms with Crippen molar-refractivity contribution in [2.75, 3.05) is 13.7 Å². The van der Waals surface area contributed by atoms with E-state index in [-0.39, 0.29) is 30.0 Å². The molecule has 1 atom stereocenters. The van der Waals surface area contributed by atoms with Crippen molar-refractivity contribution in [2.45, 2.75) is 19.5 Å². The van der Waals surface area contributed by atoms with Crippen molar-refractivity contribution < 1.29 is 4.74 Å². The molecule has 1 aromatic rings. The molecule has 0 aliphatic carbocycles. The van der Waals surface area contributed by atoms with Gasteiger partial charge in [0.2, 0.25) is 0 Å². The lowest BCUT2D eigenvalue weighted by atomic mass is 10.2. The second-order valence-electron chi connectivity index (χ2n) is 3.83. The molecule has 0 fully saturated rings. The Morgan fingerprint density at radius 2 is 2.28 bits per heavy atom. The second-order valence-corrected chi connectivity index (χ2v) is 4.27. The van der Waals surface area contributed by atoms with Gasteiger partial charge in [-0.1, -0.05) is 23.7 Å². The van der Waals surface area contributed by atoms with Gasteiger partial charge in [-0.25, -0.2) is 4.99 Å². The first kappa shape index (κ1) is 17.5. The SMILES string of the molecule is COCC(C)NC(N)=NCc1cccc(Cl)c1.I. The fourth-order valence-corrected chi connectivity index (χ4v) is 1.61. The third-order valence-corrected chi connectivity index (χ3v) is 2.37. The Morgan fingerprint density at radius 3 is 2.89 bits per heavy atom. The molecule has 0 heterocycles. The second kappa shape index (κ2) is 9.41. The van der Waals surface area contributed by atoms with Gasteiger partial charge in [0, 0.05) is 18.2 Å². The van der Waals surface area contributed by atoms with Gasteiger partial charge >= 0.3 is 0 Å². The van der Waals surface area contributed by atoms with Crippen LogP contribution in [0.25, 0.3) is 0 Å². The maximum atomic E-state index is 5.87. The zero-order valence-corrected chi connectivity index (χ0v) is 13.6. The van der Waals surface area contributed by atoms with Gasteiger partial charge in [0.25, 0.3) is 0 Å². The molecule has 0 saturated carbocycles. The summed E-state index contributed by atoms with van der Waals surface area (Å²) in [5, 5.41) is 3.74. The molecule has 18 heavy (non-hydrogen) atoms. The lowest BCUT2D eigenvalue weighted by Gasteiger charge is -2.13. The van der Waals surface area contributed by atoms with Crippen molar-refractivity contribution >= 4 is 41.5 Å². The molecule has 1 aromatic carbocycles. The predicted octanol–water partition coefficient (Wildman–Crippen LogP) is 2.40. The number of nitrogens with zero attached hydrogens (tertiary/aromatic N) is 1. The van der Waals surface area contributed by atoms with Crippen LogP contribution in [0, 0.1) is 0 Å². The Bertz CT molecular complexity index is 387. The van der Waals surface area contributed by atoms with Crippen molar-refractivity contribution in [3.05, 3.63) is 34.9 Å². The Kier molecular flexibility index (Phi) is 9.13. The van der Waals surface area contributed by atoms with Gasteiger partial charge in [0.1, 0.15) is 0 Å². The van der Waals surface area contributed by atoms with Crippen LogP contribution in [-0.2, 0) is 11.3 Å². The minimum Gasteiger partial charge on any atom is -0.383 e. The minimum atomic E-state index is 0. The van der Waals surface area contributed by atoms with E-state index in [9.17, 15) is 0 Å². The van der Waals surface area contributed by atoms with E-state index in [1.54, 1.807) is 7.11 Å². The molecule has 0 saturated heterocycles. The molecule has 0 bridgehead atoms. The lowest BCUT2D eigenvalue weighted by molar-refractivity contribution is 0.179. The highest BCUT2D eigenvalue weighted by Crippen LogP contribution is 2.11. The van der Waals surface area contributed by atoms with Crippen LogP contribution in [0.4, 0.5) is 0 Å². The summed E-state index contributed by atoms with van der Waals surface area (Å²) in [5.74, 6) is 0.412. The zero-order valence-electron chi connectivity index (χ0n) is 10.5. The Labute approximate surface area is 130 Å². The van der Waals surface area contributed by atoms with Crippen LogP contribution in [0.1, 0.15) is 12.5 Å². The van der Waals surface area contributed by atoms with Gasteiger partial charge in [-0.2, -0.15) is 0 Å². The number of rotatable bonds is 5. The van der Waals surface area contributed by atoms with Crippen molar-refractivity contribution in [2.24, 2.45) is 10.7 Å². The standard InChI is InChI=1S/C12H18ClN3O.HI/c1-9(8-17-2)16-12(14)15-7-10-4-3-5-11(13)6-10;/h3-6,9H,7-8H2,1-2H3,(H3,14,15,16);1H. The number of guanidine groups is 1. The molecular weight excluding hydrogens is 365 g/mol. The van der Waals surface area contributed by atoms with Crippen LogP contribution < -0.4 is 11.1 Å². The molecule has 102 valence electrons. The van der Waals surface area contributed by atoms with E-state index in [2.05, 4.69) is 10.3 Å². The number of nitrogens with two attached hydrogens (primary N) is 1. The summed E-state index contributed by atoms with van der Waals surface area (Å²) in [6.07, 6.45) is 0. The highest BCUT2D eigenvalue weighted by Gasteiger charge is 2.01. The van der Waals surface area contributed by atoms with E-state index < -0.39 is 0 Å². The highest BCUT2D eigenvalue weighted by molar-refractivity contribution is 14.0. The molecule has 0 spiro atoms. The summed E-state index contributed by atoms with van der Waals surface area (Å²) in [5.41, 5.74) is 6.77. The number of ether oxygens (including phenoxy) is 1. The fourth-order valence-electron chi connectivity index (χ4n) is 1.40. The number of hydrogen-bond acceptors (Lipinski definition) is 2. The summed E-state index contributed by atoms with van der Waals surface area (Å²) in [6, 6.07) is 7.70. The van der Waals surface area contributed by atoms with Crippen LogP contribution in [0.2, 0.25) is 5.02 Å². The predicted molar refractivity (Wildman–Crippen MR) is 86.7 cm³/mol. The van der Waals surface area contributed by atoms with Crippen molar-refractivity contribution in [1.82, 2.24) is 5.32 Å². The summed E-state index contributed by atoms with van der Waals surface area (Å²) in [4.78, 5) is 4.23. The molecule has 1 unspecified atom stereocenters. The largest absolute Gasteiger partial charge is 0.383 e. The van der Waals surface area contributed by atoms with Crippen molar-refractivity contribution in [1.29, 1.82) is 0 Å². The topological polar surface area (TPSA) is 59.6 Å². The van der Waals surface area contributed by atoms with Crippen molar-refractivity contribution in [3.63, 3.8) is 0 Å². The Balaban J connectivity index is 0.00000289. The molecular formula is C12H19ClIN3O. The Hall–Kier alpha value is -0.530. The first-order valence-corrected chi connectivity index (χ1v) is 5.79. The van der Waals surface area contributed by atoms with Crippen LogP contribution >= 0.6 is 35.6 Å². The quantitative estimate of drug-likeness (QED) is 0.466. The number of benzene rings is 1. The van der Waals surface area contributed by atoms with Gasteiger partial charge in [0.05, 0.1) is 13.2 Å². The van der Waals surface area contributed by atoms with Crippen LogP contribution in [0.3, 0.4) is 0 Å². The van der Waals surface area contributed by atoms with Gasteiger partial charge < -0.3 is 15.8 Å². The molecule has 3 N–H and O–H groups in total. The maximum absolute atomic E-state index is 5.87. The number of hydrogen-bond donors (Lipinski definition) is 2. The first-order valence-electron chi connectivity index (χ1n) is 5.41. The zero-order chi connectivity index (χ0) is 12.7. The average molecular weight is 384 g/mol. The number of nitrogens with one attached hydrogen (secondary N) is 1. The lowest BCUT2D eigenvalue weighted by Crippen LogP contribution is -2.40. The molecule has 0 aromatic heterocycles. The molecule has 0 radical (unpaired) electrons. The molecule has 0 aliphatic rings. The fraction of sp³-hybridized carbons (Fsp3) is 0.417. The van der Waals surface area contributed by atoms with Gasteiger partial charge in [-0.05, 0) is 24.6 Å². The third-order valence-electron chi connectivity index (χ3n) is 2.13.